The van der Waals surface area contributed by atoms with Gasteiger partial charge in [-0.15, -0.1) is 0 Å². The summed E-state index contributed by atoms with van der Waals surface area (Å²) in [7, 11) is 4.48. The number of aryl methyl sites for hydroxylation is 2. The zero-order valence-corrected chi connectivity index (χ0v) is 19.7. The van der Waals surface area contributed by atoms with Crippen molar-refractivity contribution in [3.63, 3.8) is 0 Å². The highest BCUT2D eigenvalue weighted by atomic mass is 19.1. The SMILES string of the molecule is Cc1cccc(C)c1C(C[N+](C)(C)CC(C)(C)C)OCCCc1c(F)cccc1F. The van der Waals surface area contributed by atoms with Crippen LogP contribution in [-0.2, 0) is 11.2 Å². The summed E-state index contributed by atoms with van der Waals surface area (Å²) in [6, 6.07) is 10.3. The maximum atomic E-state index is 13.9. The van der Waals surface area contributed by atoms with Crippen molar-refractivity contribution in [3.8, 4) is 0 Å². The molecule has 0 heterocycles. The minimum Gasteiger partial charge on any atom is -0.368 e. The molecule has 2 aromatic rings. The minimum absolute atomic E-state index is 0.0611. The highest BCUT2D eigenvalue weighted by Gasteiger charge is 2.30. The summed E-state index contributed by atoms with van der Waals surface area (Å²) in [4.78, 5) is 0. The summed E-state index contributed by atoms with van der Waals surface area (Å²) >= 11 is 0. The van der Waals surface area contributed by atoms with Gasteiger partial charge in [0.15, 0.2) is 0 Å². The van der Waals surface area contributed by atoms with E-state index in [9.17, 15) is 8.78 Å². The van der Waals surface area contributed by atoms with Crippen LogP contribution in [0.2, 0.25) is 0 Å². The maximum Gasteiger partial charge on any atom is 0.132 e. The second-order valence-corrected chi connectivity index (χ2v) is 10.3. The topological polar surface area (TPSA) is 9.23 Å². The van der Waals surface area contributed by atoms with Crippen LogP contribution in [0, 0.1) is 30.9 Å². The molecule has 0 N–H and O–H groups in total. The van der Waals surface area contributed by atoms with E-state index in [0.717, 1.165) is 17.6 Å². The summed E-state index contributed by atoms with van der Waals surface area (Å²) in [6.07, 6.45) is 0.846. The van der Waals surface area contributed by atoms with Gasteiger partial charge in [-0.05, 0) is 55.5 Å². The van der Waals surface area contributed by atoms with Gasteiger partial charge in [0.25, 0.3) is 0 Å². The van der Waals surface area contributed by atoms with Gasteiger partial charge in [0, 0.05) is 17.6 Å². The number of rotatable bonds is 9. The molecule has 0 fully saturated rings. The zero-order valence-electron chi connectivity index (χ0n) is 19.7. The maximum absolute atomic E-state index is 13.9. The van der Waals surface area contributed by atoms with Crippen LogP contribution in [0.25, 0.3) is 0 Å². The highest BCUT2D eigenvalue weighted by molar-refractivity contribution is 5.35. The predicted molar refractivity (Wildman–Crippen MR) is 121 cm³/mol. The molecule has 166 valence electrons. The first kappa shape index (κ1) is 24.5. The molecular formula is C26H38F2NO+. The molecule has 2 aromatic carbocycles. The van der Waals surface area contributed by atoms with Crippen molar-refractivity contribution >= 4 is 0 Å². The normalized spacial score (nSPS) is 13.5. The summed E-state index contributed by atoms with van der Waals surface area (Å²) in [5, 5.41) is 0. The monoisotopic (exact) mass is 418 g/mol. The molecule has 0 saturated heterocycles. The Labute approximate surface area is 181 Å². The first-order valence-electron chi connectivity index (χ1n) is 10.8. The summed E-state index contributed by atoms with van der Waals surface area (Å²) < 4.78 is 35.0. The lowest BCUT2D eigenvalue weighted by Gasteiger charge is -2.38. The number of hydrogen-bond donors (Lipinski definition) is 0. The molecule has 0 aliphatic rings. The molecule has 4 heteroatoms. The van der Waals surface area contributed by atoms with Crippen LogP contribution in [0.3, 0.4) is 0 Å². The fourth-order valence-electron chi connectivity index (χ4n) is 4.61. The summed E-state index contributed by atoms with van der Waals surface area (Å²) in [5.74, 6) is -0.964. The third-order valence-electron chi connectivity index (χ3n) is 5.38. The molecule has 2 nitrogen and oxygen atoms in total. The Morgan fingerprint density at radius 3 is 2.00 bits per heavy atom. The molecular weight excluding hydrogens is 380 g/mol. The van der Waals surface area contributed by atoms with E-state index in [0.29, 0.717) is 19.4 Å². The van der Waals surface area contributed by atoms with E-state index in [1.54, 1.807) is 0 Å². The molecule has 1 unspecified atom stereocenters. The standard InChI is InChI=1S/C26H38F2NO/c1-19-11-8-12-20(2)25(19)24(17-29(6,7)18-26(3,4)5)30-16-10-13-21-22(27)14-9-15-23(21)28/h8-9,11-12,14-15,24H,10,13,16-18H2,1-7H3/q+1. The van der Waals surface area contributed by atoms with E-state index in [4.69, 9.17) is 4.74 Å². The molecule has 1 atom stereocenters. The van der Waals surface area contributed by atoms with Crippen LogP contribution in [0.1, 0.15) is 55.5 Å². The van der Waals surface area contributed by atoms with Crippen molar-refractivity contribution in [2.45, 2.75) is 53.6 Å². The average Bonchev–Trinajstić information content (AvgIpc) is 2.57. The molecule has 0 radical (unpaired) electrons. The number of ether oxygens (including phenoxy) is 1. The van der Waals surface area contributed by atoms with Crippen molar-refractivity contribution < 1.29 is 18.0 Å². The van der Waals surface area contributed by atoms with Crippen molar-refractivity contribution in [2.75, 3.05) is 33.8 Å². The first-order chi connectivity index (χ1) is 13.9. The van der Waals surface area contributed by atoms with E-state index in [1.807, 2.05) is 0 Å². The molecule has 0 aromatic heterocycles. The molecule has 0 aliphatic heterocycles. The van der Waals surface area contributed by atoms with E-state index >= 15 is 0 Å². The Morgan fingerprint density at radius 2 is 1.47 bits per heavy atom. The largest absolute Gasteiger partial charge is 0.368 e. The summed E-state index contributed by atoms with van der Waals surface area (Å²) in [5.41, 5.74) is 4.02. The average molecular weight is 419 g/mol. The third kappa shape index (κ3) is 7.17. The molecule has 30 heavy (non-hydrogen) atoms. The van der Waals surface area contributed by atoms with Gasteiger partial charge >= 0.3 is 0 Å². The Morgan fingerprint density at radius 1 is 0.933 bits per heavy atom. The van der Waals surface area contributed by atoms with Crippen LogP contribution in [0.4, 0.5) is 8.78 Å². The fraction of sp³-hybridized carbons (Fsp3) is 0.538. The van der Waals surface area contributed by atoms with E-state index in [1.165, 1.54) is 34.9 Å². The third-order valence-corrected chi connectivity index (χ3v) is 5.38. The van der Waals surface area contributed by atoms with Crippen LogP contribution in [0.5, 0.6) is 0 Å². The van der Waals surface area contributed by atoms with Crippen LogP contribution < -0.4 is 0 Å². The van der Waals surface area contributed by atoms with Gasteiger partial charge < -0.3 is 9.22 Å². The molecule has 0 aliphatic carbocycles. The van der Waals surface area contributed by atoms with Gasteiger partial charge in [-0.2, -0.15) is 0 Å². The van der Waals surface area contributed by atoms with E-state index in [2.05, 4.69) is 66.9 Å². The number of nitrogens with zero attached hydrogens (tertiary/aromatic N) is 1. The number of benzene rings is 2. The number of halogens is 2. The first-order valence-corrected chi connectivity index (χ1v) is 10.8. The van der Waals surface area contributed by atoms with Gasteiger partial charge in [0.2, 0.25) is 0 Å². The lowest BCUT2D eigenvalue weighted by Crippen LogP contribution is -2.48. The van der Waals surface area contributed by atoms with Gasteiger partial charge in [0.1, 0.15) is 24.3 Å². The van der Waals surface area contributed by atoms with Gasteiger partial charge in [-0.1, -0.05) is 45.0 Å². The second-order valence-electron chi connectivity index (χ2n) is 10.3. The Bertz CT molecular complexity index is 799. The highest BCUT2D eigenvalue weighted by Crippen LogP contribution is 2.29. The molecule has 0 bridgehead atoms. The Kier molecular flexibility index (Phi) is 8.18. The molecule has 2 rings (SSSR count). The number of hydrogen-bond acceptors (Lipinski definition) is 1. The van der Waals surface area contributed by atoms with E-state index < -0.39 is 11.6 Å². The molecule has 0 amide bonds. The fourth-order valence-corrected chi connectivity index (χ4v) is 4.61. The van der Waals surface area contributed by atoms with Crippen LogP contribution in [0.15, 0.2) is 36.4 Å². The smallest absolute Gasteiger partial charge is 0.132 e. The summed E-state index contributed by atoms with van der Waals surface area (Å²) in [6.45, 7) is 13.3. The lowest BCUT2D eigenvalue weighted by molar-refractivity contribution is -0.900. The van der Waals surface area contributed by atoms with Gasteiger partial charge in [-0.3, -0.25) is 0 Å². The van der Waals surface area contributed by atoms with Crippen LogP contribution >= 0.6 is 0 Å². The zero-order chi connectivity index (χ0) is 22.5. The van der Waals surface area contributed by atoms with Crippen molar-refractivity contribution in [3.05, 3.63) is 70.3 Å². The Hall–Kier alpha value is -1.78. The quantitative estimate of drug-likeness (QED) is 0.338. The van der Waals surface area contributed by atoms with Crippen molar-refractivity contribution in [1.29, 1.82) is 0 Å². The van der Waals surface area contributed by atoms with Crippen molar-refractivity contribution in [1.82, 2.24) is 0 Å². The lowest BCUT2D eigenvalue weighted by atomic mass is 9.93. The Balaban J connectivity index is 2.14. The van der Waals surface area contributed by atoms with Crippen LogP contribution in [-0.4, -0.2) is 38.3 Å². The van der Waals surface area contributed by atoms with Gasteiger partial charge in [0.05, 0.1) is 20.6 Å². The number of quaternary nitrogens is 1. The van der Waals surface area contributed by atoms with E-state index in [-0.39, 0.29) is 17.1 Å². The van der Waals surface area contributed by atoms with Crippen molar-refractivity contribution in [2.24, 2.45) is 5.41 Å². The molecule has 0 saturated carbocycles. The predicted octanol–water partition coefficient (Wildman–Crippen LogP) is 6.39. The second kappa shape index (κ2) is 10.0. The van der Waals surface area contributed by atoms with Gasteiger partial charge in [-0.25, -0.2) is 8.78 Å². The minimum atomic E-state index is -0.482. The molecule has 0 spiro atoms. The number of likely N-dealkylation sites (N-methyl/N-ethyl adjacent to an activating group) is 1.